The molecule has 3 fully saturated rings. The Morgan fingerprint density at radius 3 is 2.64 bits per heavy atom. The van der Waals surface area contributed by atoms with Gasteiger partial charge in [0, 0.05) is 56.5 Å². The summed E-state index contributed by atoms with van der Waals surface area (Å²) in [4.78, 5) is 43.1. The summed E-state index contributed by atoms with van der Waals surface area (Å²) in [6.45, 7) is 2.41. The minimum atomic E-state index is -0.994. The third kappa shape index (κ3) is 4.41. The van der Waals surface area contributed by atoms with Crippen LogP contribution in [0.15, 0.2) is 48.8 Å². The predicted molar refractivity (Wildman–Crippen MR) is 121 cm³/mol. The molecule has 172 valence electrons. The highest BCUT2D eigenvalue weighted by Crippen LogP contribution is 2.30. The first kappa shape index (κ1) is 21.4. The molecule has 4 heterocycles. The van der Waals surface area contributed by atoms with Crippen LogP contribution < -0.4 is 20.7 Å². The summed E-state index contributed by atoms with van der Waals surface area (Å²) in [5, 5.41) is 8.86. The van der Waals surface area contributed by atoms with E-state index < -0.39 is 11.6 Å². The molecule has 9 heteroatoms. The third-order valence-electron chi connectivity index (χ3n) is 6.62. The maximum atomic E-state index is 13.1. The summed E-state index contributed by atoms with van der Waals surface area (Å²) in [6.07, 6.45) is 5.01. The van der Waals surface area contributed by atoms with Crippen LogP contribution in [-0.4, -0.2) is 65.4 Å². The lowest BCUT2D eigenvalue weighted by atomic mass is 9.91. The van der Waals surface area contributed by atoms with E-state index in [4.69, 9.17) is 4.74 Å². The molecule has 0 radical (unpaired) electrons. The molecule has 0 unspecified atom stereocenters. The van der Waals surface area contributed by atoms with Crippen molar-refractivity contribution in [1.82, 2.24) is 20.5 Å². The number of urea groups is 1. The smallest absolute Gasteiger partial charge is 0.321 e. The van der Waals surface area contributed by atoms with Crippen LogP contribution in [0.3, 0.4) is 0 Å². The number of carbonyl (C=O) groups excluding carboxylic acids is 3. The number of ketones is 1. The van der Waals surface area contributed by atoms with Crippen molar-refractivity contribution in [3.8, 4) is 5.75 Å². The highest BCUT2D eigenvalue weighted by molar-refractivity contribution is 5.98. The fourth-order valence-corrected chi connectivity index (χ4v) is 4.65. The average molecular weight is 450 g/mol. The molecule has 1 aromatic heterocycles. The van der Waals surface area contributed by atoms with Gasteiger partial charge in [0.2, 0.25) is 5.91 Å². The molecule has 33 heavy (non-hydrogen) atoms. The van der Waals surface area contributed by atoms with Crippen LogP contribution >= 0.6 is 0 Å². The lowest BCUT2D eigenvalue weighted by molar-refractivity contribution is -0.136. The first-order valence-corrected chi connectivity index (χ1v) is 11.3. The number of ether oxygens (including phenoxy) is 1. The number of benzene rings is 1. The van der Waals surface area contributed by atoms with E-state index in [0.29, 0.717) is 62.8 Å². The second-order valence-electron chi connectivity index (χ2n) is 8.89. The first-order valence-electron chi connectivity index (χ1n) is 11.3. The molecule has 3 saturated heterocycles. The highest BCUT2D eigenvalue weighted by Gasteiger charge is 2.48. The first-order chi connectivity index (χ1) is 16.0. The van der Waals surface area contributed by atoms with Crippen LogP contribution in [0.5, 0.6) is 5.75 Å². The highest BCUT2D eigenvalue weighted by atomic mass is 16.5. The molecule has 1 aromatic carbocycles. The van der Waals surface area contributed by atoms with Gasteiger partial charge in [-0.1, -0.05) is 6.07 Å². The monoisotopic (exact) mass is 449 g/mol. The Balaban J connectivity index is 1.18. The lowest BCUT2D eigenvalue weighted by Gasteiger charge is -2.39. The van der Waals surface area contributed by atoms with E-state index in [0.717, 1.165) is 5.56 Å². The van der Waals surface area contributed by atoms with Gasteiger partial charge in [0.25, 0.3) is 0 Å². The zero-order valence-corrected chi connectivity index (χ0v) is 18.3. The Kier molecular flexibility index (Phi) is 5.72. The van der Waals surface area contributed by atoms with Crippen LogP contribution in [0.2, 0.25) is 0 Å². The second-order valence-corrected chi connectivity index (χ2v) is 8.89. The number of nitrogens with one attached hydrogen (secondary N) is 3. The van der Waals surface area contributed by atoms with E-state index in [-0.39, 0.29) is 17.7 Å². The van der Waals surface area contributed by atoms with Gasteiger partial charge in [-0.15, -0.1) is 0 Å². The lowest BCUT2D eigenvalue weighted by Crippen LogP contribution is -2.54. The quantitative estimate of drug-likeness (QED) is 0.619. The van der Waals surface area contributed by atoms with E-state index in [1.54, 1.807) is 35.4 Å². The Bertz CT molecular complexity index is 1030. The topological polar surface area (TPSA) is 113 Å². The molecule has 0 saturated carbocycles. The molecule has 5 rings (SSSR count). The zero-order valence-electron chi connectivity index (χ0n) is 18.3. The van der Waals surface area contributed by atoms with E-state index in [1.807, 2.05) is 18.3 Å². The predicted octanol–water partition coefficient (Wildman–Crippen LogP) is 1.67. The molecular weight excluding hydrogens is 422 g/mol. The summed E-state index contributed by atoms with van der Waals surface area (Å²) < 4.78 is 6.18. The van der Waals surface area contributed by atoms with E-state index in [2.05, 4.69) is 20.9 Å². The summed E-state index contributed by atoms with van der Waals surface area (Å²) in [5.74, 6) is 0.689. The minimum absolute atomic E-state index is 0.0864. The number of hydrogen-bond acceptors (Lipinski definition) is 6. The summed E-state index contributed by atoms with van der Waals surface area (Å²) in [5.41, 5.74) is 0.807. The van der Waals surface area contributed by atoms with Crippen LogP contribution in [0, 0.1) is 0 Å². The van der Waals surface area contributed by atoms with Gasteiger partial charge in [0.1, 0.15) is 5.75 Å². The van der Waals surface area contributed by atoms with Crippen molar-refractivity contribution in [3.63, 3.8) is 0 Å². The number of hydrogen-bond donors (Lipinski definition) is 3. The SMILES string of the molecule is O=C1CC[C@@H](C(=O)[C@@]2(Oc3ccc(NC(=O)N4CC(c5cccnc5)C4)cc3)CCNC2)N1. The van der Waals surface area contributed by atoms with Gasteiger partial charge in [0.15, 0.2) is 11.4 Å². The van der Waals surface area contributed by atoms with Crippen molar-refractivity contribution in [2.45, 2.75) is 36.8 Å². The molecule has 9 nitrogen and oxygen atoms in total. The van der Waals surface area contributed by atoms with Gasteiger partial charge in [-0.2, -0.15) is 0 Å². The molecule has 3 N–H and O–H groups in total. The van der Waals surface area contributed by atoms with Gasteiger partial charge in [-0.05, 0) is 48.9 Å². The Morgan fingerprint density at radius 2 is 2.00 bits per heavy atom. The number of amides is 3. The third-order valence-corrected chi connectivity index (χ3v) is 6.62. The van der Waals surface area contributed by atoms with Crippen molar-refractivity contribution in [3.05, 3.63) is 54.4 Å². The molecule has 2 aromatic rings. The van der Waals surface area contributed by atoms with Gasteiger partial charge in [-0.25, -0.2) is 4.79 Å². The molecule has 0 bridgehead atoms. The van der Waals surface area contributed by atoms with Crippen LogP contribution in [-0.2, 0) is 9.59 Å². The Labute approximate surface area is 191 Å². The van der Waals surface area contributed by atoms with E-state index >= 15 is 0 Å². The van der Waals surface area contributed by atoms with Crippen molar-refractivity contribution in [1.29, 1.82) is 0 Å². The normalized spacial score (nSPS) is 24.8. The number of pyridine rings is 1. The second kappa shape index (κ2) is 8.82. The van der Waals surface area contributed by atoms with E-state index in [1.165, 1.54) is 0 Å². The number of carbonyl (C=O) groups is 3. The largest absolute Gasteiger partial charge is 0.478 e. The minimum Gasteiger partial charge on any atom is -0.478 e. The summed E-state index contributed by atoms with van der Waals surface area (Å²) >= 11 is 0. The van der Waals surface area contributed by atoms with Gasteiger partial charge in [-0.3, -0.25) is 14.6 Å². The fraction of sp³-hybridized carbons (Fsp3) is 0.417. The van der Waals surface area contributed by atoms with E-state index in [9.17, 15) is 14.4 Å². The molecule has 3 aliphatic rings. The molecule has 3 aliphatic heterocycles. The van der Waals surface area contributed by atoms with Crippen LogP contribution in [0.1, 0.15) is 30.7 Å². The number of anilines is 1. The molecular formula is C24H27N5O4. The standard InChI is InChI=1S/C24H27N5O4/c30-21-8-7-20(28-21)22(31)24(9-11-26-15-24)33-19-5-3-18(4-6-19)27-23(32)29-13-17(14-29)16-2-1-10-25-12-16/h1-6,10,12,17,20,26H,7-9,11,13-15H2,(H,27,32)(H,28,30)/t20-,24+/m0/s1. The van der Waals surface area contributed by atoms with Crippen molar-refractivity contribution in [2.24, 2.45) is 0 Å². The Hall–Kier alpha value is -3.46. The molecule has 0 aliphatic carbocycles. The number of rotatable bonds is 6. The summed E-state index contributed by atoms with van der Waals surface area (Å²) in [7, 11) is 0. The molecule has 0 spiro atoms. The molecule has 3 amide bonds. The van der Waals surface area contributed by atoms with Gasteiger partial charge < -0.3 is 25.6 Å². The maximum absolute atomic E-state index is 13.1. The zero-order chi connectivity index (χ0) is 22.8. The average Bonchev–Trinajstić information content (AvgIpc) is 3.44. The fourth-order valence-electron chi connectivity index (χ4n) is 4.65. The maximum Gasteiger partial charge on any atom is 0.321 e. The van der Waals surface area contributed by atoms with Crippen LogP contribution in [0.25, 0.3) is 0 Å². The summed E-state index contributed by atoms with van der Waals surface area (Å²) in [6, 6.07) is 10.3. The van der Waals surface area contributed by atoms with Crippen molar-refractivity contribution in [2.75, 3.05) is 31.5 Å². The van der Waals surface area contributed by atoms with Crippen molar-refractivity contribution < 1.29 is 19.1 Å². The number of aromatic nitrogens is 1. The van der Waals surface area contributed by atoms with Gasteiger partial charge in [0.05, 0.1) is 6.04 Å². The number of likely N-dealkylation sites (tertiary alicyclic amines) is 1. The van der Waals surface area contributed by atoms with Crippen LogP contribution in [0.4, 0.5) is 10.5 Å². The van der Waals surface area contributed by atoms with Crippen molar-refractivity contribution >= 4 is 23.4 Å². The molecule has 2 atom stereocenters. The number of Topliss-reactive ketones (excluding diaryl/α,β-unsaturated/α-hetero) is 1. The van der Waals surface area contributed by atoms with Gasteiger partial charge >= 0.3 is 6.03 Å². The Morgan fingerprint density at radius 1 is 1.18 bits per heavy atom. The number of nitrogens with zero attached hydrogens (tertiary/aromatic N) is 2.